The molecule has 0 spiro atoms. The molecule has 0 saturated carbocycles. The van der Waals surface area contributed by atoms with Crippen LogP contribution in [0.3, 0.4) is 0 Å². The summed E-state index contributed by atoms with van der Waals surface area (Å²) in [5.74, 6) is 0. The Hall–Kier alpha value is 0.0600. The fraction of sp³-hybridized carbons (Fsp3) is 0.500. The van der Waals surface area contributed by atoms with Crippen LogP contribution in [0, 0.1) is 5.41 Å². The summed E-state index contributed by atoms with van der Waals surface area (Å²) in [5.41, 5.74) is 0.542. The van der Waals surface area contributed by atoms with Crippen LogP contribution in [-0.4, -0.2) is 16.5 Å². The Kier molecular flexibility index (Phi) is 0.497. The van der Waals surface area contributed by atoms with E-state index >= 15 is 0 Å². The second kappa shape index (κ2) is 0.763. The van der Waals surface area contributed by atoms with Gasteiger partial charge in [0.1, 0.15) is 0 Å². The quantitative estimate of drug-likeness (QED) is 0.413. The van der Waals surface area contributed by atoms with Gasteiger partial charge in [0.05, 0.1) is 13.6 Å². The normalized spacial score (nSPS) is 34.6. The summed E-state index contributed by atoms with van der Waals surface area (Å²) in [6.45, 7) is 0. The lowest BCUT2D eigenvalue weighted by molar-refractivity contribution is 0.649. The standard InChI is InChI=1S/C2H4NOP/c3-2-1-5(2)4/h3-4H,1H2. The van der Waals surface area contributed by atoms with Crippen LogP contribution in [0.4, 0.5) is 0 Å². The summed E-state index contributed by atoms with van der Waals surface area (Å²) in [5, 5.41) is 6.60. The van der Waals surface area contributed by atoms with Gasteiger partial charge in [-0.15, -0.1) is 0 Å². The highest BCUT2D eigenvalue weighted by Gasteiger charge is 2.26. The lowest BCUT2D eigenvalue weighted by Crippen LogP contribution is -1.46. The van der Waals surface area contributed by atoms with E-state index in [1.807, 2.05) is 0 Å². The van der Waals surface area contributed by atoms with Crippen molar-refractivity contribution in [3.63, 3.8) is 0 Å². The van der Waals surface area contributed by atoms with Gasteiger partial charge in [-0.3, -0.25) is 0 Å². The molecule has 0 aromatic rings. The Balaban J connectivity index is 2.47. The molecule has 1 rings (SSSR count). The van der Waals surface area contributed by atoms with Crippen LogP contribution in [0.2, 0.25) is 0 Å². The van der Waals surface area contributed by atoms with Gasteiger partial charge in [0.2, 0.25) is 0 Å². The second-order valence-corrected chi connectivity index (χ2v) is 2.66. The molecule has 1 atom stereocenters. The molecule has 0 aromatic heterocycles. The first-order chi connectivity index (χ1) is 2.30. The molecule has 28 valence electrons. The van der Waals surface area contributed by atoms with E-state index in [2.05, 4.69) is 0 Å². The van der Waals surface area contributed by atoms with Crippen molar-refractivity contribution in [1.82, 2.24) is 0 Å². The molecule has 0 aromatic carbocycles. The van der Waals surface area contributed by atoms with Crippen molar-refractivity contribution >= 4 is 13.6 Å². The minimum absolute atomic E-state index is 0.542. The van der Waals surface area contributed by atoms with Crippen LogP contribution < -0.4 is 0 Å². The first-order valence-corrected chi connectivity index (χ1v) is 2.82. The van der Waals surface area contributed by atoms with Crippen LogP contribution in [0.5, 0.6) is 0 Å². The molecule has 1 aliphatic heterocycles. The Morgan fingerprint density at radius 3 is 2.20 bits per heavy atom. The molecule has 2 nitrogen and oxygen atoms in total. The molecular formula is C2H4NOP. The molecule has 3 heteroatoms. The first kappa shape index (κ1) is 3.26. The van der Waals surface area contributed by atoms with E-state index in [4.69, 9.17) is 10.3 Å². The third-order valence-corrected chi connectivity index (χ3v) is 1.52. The summed E-state index contributed by atoms with van der Waals surface area (Å²) in [4.78, 5) is 8.28. The monoisotopic (exact) mass is 89.0 g/mol. The van der Waals surface area contributed by atoms with Crippen LogP contribution in [0.1, 0.15) is 0 Å². The van der Waals surface area contributed by atoms with Gasteiger partial charge in [0, 0.05) is 6.16 Å². The SMILES string of the molecule is N=C1CP1O. The zero-order chi connectivity index (χ0) is 3.86. The van der Waals surface area contributed by atoms with Crippen molar-refractivity contribution in [2.24, 2.45) is 0 Å². The van der Waals surface area contributed by atoms with Gasteiger partial charge in [-0.25, -0.2) is 0 Å². The van der Waals surface area contributed by atoms with Crippen LogP contribution in [0.25, 0.3) is 0 Å². The van der Waals surface area contributed by atoms with Gasteiger partial charge >= 0.3 is 0 Å². The molecule has 1 heterocycles. The zero-order valence-electron chi connectivity index (χ0n) is 2.60. The molecule has 2 N–H and O–H groups in total. The maximum Gasteiger partial charge on any atom is 0.0768 e. The lowest BCUT2D eigenvalue weighted by Gasteiger charge is -1.59. The highest BCUT2D eigenvalue weighted by Crippen LogP contribution is 2.47. The molecule has 1 unspecified atom stereocenters. The van der Waals surface area contributed by atoms with Crippen molar-refractivity contribution in [2.75, 3.05) is 6.16 Å². The summed E-state index contributed by atoms with van der Waals surface area (Å²) in [6.07, 6.45) is 0.676. The smallest absolute Gasteiger partial charge is 0.0768 e. The molecule has 1 aliphatic rings. The molecule has 1 fully saturated rings. The van der Waals surface area contributed by atoms with E-state index in [1.165, 1.54) is 0 Å². The van der Waals surface area contributed by atoms with E-state index in [-0.39, 0.29) is 0 Å². The van der Waals surface area contributed by atoms with Crippen molar-refractivity contribution in [3.05, 3.63) is 0 Å². The van der Waals surface area contributed by atoms with Gasteiger partial charge in [0.15, 0.2) is 0 Å². The second-order valence-electron chi connectivity index (χ2n) is 1.00. The Morgan fingerprint density at radius 2 is 2.20 bits per heavy atom. The molecule has 1 saturated heterocycles. The number of nitrogens with one attached hydrogen (secondary N) is 1. The van der Waals surface area contributed by atoms with E-state index in [0.29, 0.717) is 11.6 Å². The van der Waals surface area contributed by atoms with Crippen molar-refractivity contribution in [1.29, 1.82) is 5.41 Å². The van der Waals surface area contributed by atoms with Crippen LogP contribution in [0.15, 0.2) is 0 Å². The maximum absolute atomic E-state index is 8.28. The minimum atomic E-state index is -0.848. The Bertz CT molecular complexity index is 72.0. The summed E-state index contributed by atoms with van der Waals surface area (Å²) >= 11 is 0. The molecule has 0 amide bonds. The fourth-order valence-corrected chi connectivity index (χ4v) is 0.509. The van der Waals surface area contributed by atoms with E-state index < -0.39 is 8.15 Å². The maximum atomic E-state index is 8.28. The number of hydrogen-bond acceptors (Lipinski definition) is 2. The Morgan fingerprint density at radius 1 is 2.00 bits per heavy atom. The van der Waals surface area contributed by atoms with Gasteiger partial charge < -0.3 is 10.3 Å². The molecule has 0 bridgehead atoms. The molecule has 0 aliphatic carbocycles. The van der Waals surface area contributed by atoms with Crippen LogP contribution in [-0.2, 0) is 0 Å². The summed E-state index contributed by atoms with van der Waals surface area (Å²) in [6, 6.07) is 0. The van der Waals surface area contributed by atoms with Crippen molar-refractivity contribution in [2.45, 2.75) is 0 Å². The predicted molar refractivity (Wildman–Crippen MR) is 21.7 cm³/mol. The molecule has 0 radical (unpaired) electrons. The van der Waals surface area contributed by atoms with E-state index in [9.17, 15) is 0 Å². The van der Waals surface area contributed by atoms with E-state index in [1.54, 1.807) is 0 Å². The molecular weight excluding hydrogens is 85.0 g/mol. The molecule has 5 heavy (non-hydrogen) atoms. The average molecular weight is 89.0 g/mol. The first-order valence-electron chi connectivity index (χ1n) is 1.34. The highest BCUT2D eigenvalue weighted by atomic mass is 31.2. The topological polar surface area (TPSA) is 44.1 Å². The number of hydrogen-bond donors (Lipinski definition) is 2. The zero-order valence-corrected chi connectivity index (χ0v) is 3.50. The minimum Gasteiger partial charge on any atom is -0.367 e. The van der Waals surface area contributed by atoms with Crippen molar-refractivity contribution < 1.29 is 4.89 Å². The van der Waals surface area contributed by atoms with Crippen LogP contribution >= 0.6 is 8.15 Å². The lowest BCUT2D eigenvalue weighted by atomic mass is 10.9. The van der Waals surface area contributed by atoms with Gasteiger partial charge in [-0.1, -0.05) is 0 Å². The van der Waals surface area contributed by atoms with Gasteiger partial charge in [-0.05, 0) is 0 Å². The fourth-order valence-electron chi connectivity index (χ4n) is 0.107. The Labute approximate surface area is 31.2 Å². The third kappa shape index (κ3) is 0.469. The summed E-state index contributed by atoms with van der Waals surface area (Å²) < 4.78 is 0. The summed E-state index contributed by atoms with van der Waals surface area (Å²) in [7, 11) is -0.848. The van der Waals surface area contributed by atoms with E-state index in [0.717, 1.165) is 0 Å². The highest BCUT2D eigenvalue weighted by molar-refractivity contribution is 7.82. The predicted octanol–water partition coefficient (Wildman–Crippen LogP) is 0.366. The average Bonchev–Trinajstić information content (AvgIpc) is 1.79. The van der Waals surface area contributed by atoms with Gasteiger partial charge in [0.25, 0.3) is 0 Å². The largest absolute Gasteiger partial charge is 0.367 e. The van der Waals surface area contributed by atoms with Gasteiger partial charge in [-0.2, -0.15) is 0 Å². The third-order valence-electron chi connectivity index (χ3n) is 0.508. The van der Waals surface area contributed by atoms with Crippen molar-refractivity contribution in [3.8, 4) is 0 Å². The number of rotatable bonds is 0.